The Morgan fingerprint density at radius 2 is 2.13 bits per heavy atom. The monoisotopic (exact) mass is 329 g/mol. The predicted octanol–water partition coefficient (Wildman–Crippen LogP) is 1.97. The predicted molar refractivity (Wildman–Crippen MR) is 83.6 cm³/mol. The molecule has 1 N–H and O–H groups in total. The van der Waals surface area contributed by atoms with Crippen molar-refractivity contribution in [1.82, 2.24) is 14.4 Å². The van der Waals surface area contributed by atoms with Crippen molar-refractivity contribution in [1.29, 1.82) is 0 Å². The number of likely N-dealkylation sites (tertiary alicyclic amines) is 1. The fourth-order valence-electron chi connectivity index (χ4n) is 3.51. The smallest absolute Gasteiger partial charge is 0.319 e. The lowest BCUT2D eigenvalue weighted by atomic mass is 9.80. The van der Waals surface area contributed by atoms with Crippen LogP contribution in [0.3, 0.4) is 0 Å². The lowest BCUT2D eigenvalue weighted by Gasteiger charge is -2.43. The van der Waals surface area contributed by atoms with E-state index in [1.165, 1.54) is 12.1 Å². The molecule has 0 saturated carbocycles. The van der Waals surface area contributed by atoms with E-state index in [1.54, 1.807) is 11.8 Å². The van der Waals surface area contributed by atoms with Crippen molar-refractivity contribution in [3.63, 3.8) is 0 Å². The number of carbonyl (C=O) groups excluding carboxylic acids is 1. The third-order valence-corrected chi connectivity index (χ3v) is 4.47. The van der Waals surface area contributed by atoms with Gasteiger partial charge >= 0.3 is 6.55 Å². The van der Waals surface area contributed by atoms with Gasteiger partial charge in [-0.05, 0) is 46.0 Å². The van der Waals surface area contributed by atoms with Crippen LogP contribution < -0.4 is 0 Å². The second kappa shape index (κ2) is 6.97. The first kappa shape index (κ1) is 17.9. The minimum absolute atomic E-state index is 0.0103. The molecule has 0 bridgehead atoms. The summed E-state index contributed by atoms with van der Waals surface area (Å²) < 4.78 is 27.1. The lowest BCUT2D eigenvalue weighted by Crippen LogP contribution is -2.52. The van der Waals surface area contributed by atoms with Gasteiger partial charge in [0.2, 0.25) is 0 Å². The zero-order valence-corrected chi connectivity index (χ0v) is 13.9. The quantitative estimate of drug-likeness (QED) is 0.898. The first-order chi connectivity index (χ1) is 10.8. The number of carbonyl (C=O) groups is 1. The lowest BCUT2D eigenvalue weighted by molar-refractivity contribution is 0.0113. The van der Waals surface area contributed by atoms with Crippen molar-refractivity contribution >= 4 is 5.91 Å². The Hall–Kier alpha value is -1.47. The normalized spacial score (nSPS) is 22.2. The van der Waals surface area contributed by atoms with Gasteiger partial charge in [-0.25, -0.2) is 0 Å². The molecule has 1 aliphatic rings. The number of nitrogens with zero attached hydrogens (tertiary/aromatic N) is 3. The summed E-state index contributed by atoms with van der Waals surface area (Å²) in [6, 6.07) is 2.98. The van der Waals surface area contributed by atoms with E-state index in [4.69, 9.17) is 0 Å². The summed E-state index contributed by atoms with van der Waals surface area (Å²) >= 11 is 0. The van der Waals surface area contributed by atoms with Crippen LogP contribution in [0.2, 0.25) is 0 Å². The first-order valence-electron chi connectivity index (χ1n) is 7.80. The number of halogens is 2. The Labute approximate surface area is 135 Å². The van der Waals surface area contributed by atoms with E-state index < -0.39 is 17.9 Å². The summed E-state index contributed by atoms with van der Waals surface area (Å²) in [6.07, 6.45) is 1.58. The molecule has 1 atom stereocenters. The highest BCUT2D eigenvalue weighted by atomic mass is 19.3. The molecule has 0 radical (unpaired) electrons. The Morgan fingerprint density at radius 3 is 2.70 bits per heavy atom. The number of alkyl halides is 2. The molecule has 1 amide bonds. The fraction of sp³-hybridized carbons (Fsp3) is 0.688. The van der Waals surface area contributed by atoms with Gasteiger partial charge in [0.05, 0.1) is 6.61 Å². The Bertz CT molecular complexity index is 560. The minimum Gasteiger partial charge on any atom is -0.396 e. The Kier molecular flexibility index (Phi) is 5.41. The van der Waals surface area contributed by atoms with Crippen LogP contribution in [0.1, 0.15) is 35.6 Å². The van der Waals surface area contributed by atoms with Crippen molar-refractivity contribution in [3.05, 3.63) is 23.5 Å². The molecule has 0 aromatic carbocycles. The summed E-state index contributed by atoms with van der Waals surface area (Å²) in [5.41, 5.74) is -0.0208. The maximum atomic E-state index is 13.2. The van der Waals surface area contributed by atoms with Gasteiger partial charge < -0.3 is 14.9 Å². The molecule has 0 spiro atoms. The third-order valence-electron chi connectivity index (χ3n) is 4.47. The number of amides is 1. The molecule has 130 valence electrons. The topological polar surface area (TPSA) is 48.7 Å². The molecule has 1 saturated heterocycles. The number of piperidine rings is 1. The molecule has 1 fully saturated rings. The van der Waals surface area contributed by atoms with Crippen molar-refractivity contribution in [2.45, 2.75) is 26.3 Å². The van der Waals surface area contributed by atoms with Crippen LogP contribution in [0.5, 0.6) is 0 Å². The van der Waals surface area contributed by atoms with Crippen LogP contribution in [-0.2, 0) is 0 Å². The molecule has 1 aliphatic heterocycles. The highest BCUT2D eigenvalue weighted by Gasteiger charge is 2.38. The van der Waals surface area contributed by atoms with E-state index in [0.29, 0.717) is 25.3 Å². The van der Waals surface area contributed by atoms with E-state index in [1.807, 2.05) is 19.0 Å². The van der Waals surface area contributed by atoms with E-state index in [0.717, 1.165) is 17.4 Å². The van der Waals surface area contributed by atoms with E-state index in [9.17, 15) is 18.7 Å². The summed E-state index contributed by atoms with van der Waals surface area (Å²) in [5.74, 6) is -0.394. The molecule has 1 unspecified atom stereocenters. The van der Waals surface area contributed by atoms with Crippen LogP contribution in [-0.4, -0.2) is 65.7 Å². The van der Waals surface area contributed by atoms with Crippen molar-refractivity contribution in [2.75, 3.05) is 40.3 Å². The first-order valence-corrected chi connectivity index (χ1v) is 7.80. The summed E-state index contributed by atoms with van der Waals surface area (Å²) in [5, 5.41) is 9.82. The molecule has 0 aliphatic carbocycles. The maximum Gasteiger partial charge on any atom is 0.319 e. The van der Waals surface area contributed by atoms with Crippen LogP contribution >= 0.6 is 0 Å². The second-order valence-corrected chi connectivity index (χ2v) is 6.73. The van der Waals surface area contributed by atoms with Crippen LogP contribution in [0.25, 0.3) is 0 Å². The van der Waals surface area contributed by atoms with E-state index >= 15 is 0 Å². The molecule has 23 heavy (non-hydrogen) atoms. The number of rotatable bonds is 5. The highest BCUT2D eigenvalue weighted by molar-refractivity contribution is 5.93. The van der Waals surface area contributed by atoms with Crippen molar-refractivity contribution < 1.29 is 18.7 Å². The number of aliphatic hydroxyl groups excluding tert-OH is 1. The average molecular weight is 329 g/mol. The van der Waals surface area contributed by atoms with Crippen LogP contribution in [0.4, 0.5) is 8.78 Å². The largest absolute Gasteiger partial charge is 0.396 e. The number of aromatic nitrogens is 1. The van der Waals surface area contributed by atoms with E-state index in [-0.39, 0.29) is 12.3 Å². The number of hydrogen-bond acceptors (Lipinski definition) is 3. The molecule has 2 heterocycles. The minimum atomic E-state index is -2.74. The summed E-state index contributed by atoms with van der Waals surface area (Å²) in [7, 11) is 3.84. The highest BCUT2D eigenvalue weighted by Crippen LogP contribution is 2.31. The molecule has 1 aromatic rings. The Morgan fingerprint density at radius 1 is 1.43 bits per heavy atom. The second-order valence-electron chi connectivity index (χ2n) is 6.73. The Balaban J connectivity index is 2.23. The maximum absolute atomic E-state index is 13.2. The number of hydrogen-bond donors (Lipinski definition) is 1. The zero-order valence-electron chi connectivity index (χ0n) is 13.9. The van der Waals surface area contributed by atoms with E-state index in [2.05, 4.69) is 0 Å². The third kappa shape index (κ3) is 3.72. The van der Waals surface area contributed by atoms with Gasteiger partial charge in [0.25, 0.3) is 5.91 Å². The number of aliphatic hydroxyl groups is 1. The zero-order chi connectivity index (χ0) is 17.2. The van der Waals surface area contributed by atoms with Crippen molar-refractivity contribution in [3.8, 4) is 0 Å². The molecule has 2 rings (SSSR count). The van der Waals surface area contributed by atoms with Gasteiger partial charge in [-0.3, -0.25) is 9.36 Å². The van der Waals surface area contributed by atoms with Gasteiger partial charge in [0.15, 0.2) is 0 Å². The van der Waals surface area contributed by atoms with Gasteiger partial charge in [0.1, 0.15) is 5.69 Å². The van der Waals surface area contributed by atoms with Crippen molar-refractivity contribution in [2.24, 2.45) is 5.41 Å². The van der Waals surface area contributed by atoms with Crippen LogP contribution in [0, 0.1) is 12.3 Å². The molecule has 7 heteroatoms. The van der Waals surface area contributed by atoms with Gasteiger partial charge in [-0.1, -0.05) is 0 Å². The standard InChI is InChI=1S/C16H25F2N3O2/c1-12-5-6-13(21(12)15(17)18)14(23)20-8-4-7-16(10-20,11-22)9-19(2)3/h5-6,15,22H,4,7-11H2,1-3H3. The summed E-state index contributed by atoms with van der Waals surface area (Å²) in [6.45, 7) is 0.364. The van der Waals surface area contributed by atoms with Gasteiger partial charge in [-0.15, -0.1) is 0 Å². The van der Waals surface area contributed by atoms with Gasteiger partial charge in [-0.2, -0.15) is 8.78 Å². The molecule has 1 aromatic heterocycles. The van der Waals surface area contributed by atoms with Crippen LogP contribution in [0.15, 0.2) is 12.1 Å². The molecule has 5 nitrogen and oxygen atoms in total. The SMILES string of the molecule is Cc1ccc(C(=O)N2CCCC(CO)(CN(C)C)C2)n1C(F)F. The number of aryl methyl sites for hydroxylation is 1. The molecular weight excluding hydrogens is 304 g/mol. The van der Waals surface area contributed by atoms with Gasteiger partial charge in [0, 0.05) is 30.7 Å². The average Bonchev–Trinajstić information content (AvgIpc) is 2.88. The fourth-order valence-corrected chi connectivity index (χ4v) is 3.51. The summed E-state index contributed by atoms with van der Waals surface area (Å²) in [4.78, 5) is 16.3. The molecular formula is C16H25F2N3O2.